The van der Waals surface area contributed by atoms with Crippen molar-refractivity contribution in [3.63, 3.8) is 0 Å². The minimum absolute atomic E-state index is 0.569. The minimum atomic E-state index is 0.569. The first-order valence-corrected chi connectivity index (χ1v) is 10.7. The van der Waals surface area contributed by atoms with Gasteiger partial charge in [-0.15, -0.1) is 0 Å². The van der Waals surface area contributed by atoms with E-state index in [9.17, 15) is 0 Å². The third kappa shape index (κ3) is 11.8. The molecule has 0 aromatic heterocycles. The molecule has 0 saturated carbocycles. The van der Waals surface area contributed by atoms with Crippen LogP contribution in [0.1, 0.15) is 11.1 Å². The van der Waals surface area contributed by atoms with Gasteiger partial charge in [0.15, 0.2) is 0 Å². The Balaban J connectivity index is 1.27. The standard InChI is InChI=1S/C24H36N2O4/c1-21-3-7-23(8-4-21)25-11-13-27-15-17-29-19-20-30-18-16-28-14-12-26-24-9-5-22(2)6-10-24/h3-10,25-26H,11-20H2,1-2H3. The predicted octanol–water partition coefficient (Wildman–Crippen LogP) is 3.89. The van der Waals surface area contributed by atoms with Crippen molar-refractivity contribution in [1.29, 1.82) is 0 Å². The molecule has 0 radical (unpaired) electrons. The van der Waals surface area contributed by atoms with Crippen molar-refractivity contribution in [3.05, 3.63) is 59.7 Å². The SMILES string of the molecule is Cc1ccc(NCCOCCOCCOCCOCCNc2ccc(C)cc2)cc1. The lowest BCUT2D eigenvalue weighted by molar-refractivity contribution is 0.000299. The van der Waals surface area contributed by atoms with Crippen molar-refractivity contribution in [2.24, 2.45) is 0 Å². The highest BCUT2D eigenvalue weighted by Gasteiger charge is 1.95. The molecule has 2 aromatic rings. The predicted molar refractivity (Wildman–Crippen MR) is 123 cm³/mol. The molecule has 0 heterocycles. The van der Waals surface area contributed by atoms with E-state index in [1.54, 1.807) is 0 Å². The Morgan fingerprint density at radius 3 is 1.10 bits per heavy atom. The molecule has 166 valence electrons. The highest BCUT2D eigenvalue weighted by Crippen LogP contribution is 2.08. The number of aryl methyl sites for hydroxylation is 2. The fourth-order valence-corrected chi connectivity index (χ4v) is 2.64. The van der Waals surface area contributed by atoms with Gasteiger partial charge in [-0.3, -0.25) is 0 Å². The van der Waals surface area contributed by atoms with Crippen molar-refractivity contribution in [3.8, 4) is 0 Å². The molecule has 0 atom stereocenters. The maximum Gasteiger partial charge on any atom is 0.0701 e. The molecule has 0 saturated heterocycles. The second-order valence-corrected chi connectivity index (χ2v) is 7.04. The molecule has 2 rings (SSSR count). The summed E-state index contributed by atoms with van der Waals surface area (Å²) in [5, 5.41) is 6.65. The van der Waals surface area contributed by atoms with E-state index in [0.29, 0.717) is 52.9 Å². The Labute approximate surface area is 180 Å². The molecule has 0 fully saturated rings. The smallest absolute Gasteiger partial charge is 0.0701 e. The largest absolute Gasteiger partial charge is 0.383 e. The van der Waals surface area contributed by atoms with Gasteiger partial charge in [-0.1, -0.05) is 35.4 Å². The average Bonchev–Trinajstić information content (AvgIpc) is 2.76. The molecule has 0 bridgehead atoms. The van der Waals surface area contributed by atoms with Gasteiger partial charge in [-0.2, -0.15) is 0 Å². The highest BCUT2D eigenvalue weighted by molar-refractivity contribution is 5.44. The third-order valence-electron chi connectivity index (χ3n) is 4.37. The zero-order valence-electron chi connectivity index (χ0n) is 18.3. The number of benzene rings is 2. The van der Waals surface area contributed by atoms with E-state index in [4.69, 9.17) is 18.9 Å². The van der Waals surface area contributed by atoms with Crippen LogP contribution in [0.15, 0.2) is 48.5 Å². The van der Waals surface area contributed by atoms with E-state index >= 15 is 0 Å². The molecule has 0 aliphatic carbocycles. The fourth-order valence-electron chi connectivity index (χ4n) is 2.64. The molecule has 0 aliphatic rings. The van der Waals surface area contributed by atoms with E-state index in [2.05, 4.69) is 73.0 Å². The lowest BCUT2D eigenvalue weighted by atomic mass is 10.2. The van der Waals surface area contributed by atoms with E-state index in [0.717, 1.165) is 24.5 Å². The van der Waals surface area contributed by atoms with Crippen LogP contribution in [0.4, 0.5) is 11.4 Å². The van der Waals surface area contributed by atoms with Crippen molar-refractivity contribution < 1.29 is 18.9 Å². The summed E-state index contributed by atoms with van der Waals surface area (Å²) in [4.78, 5) is 0. The first kappa shape index (κ1) is 24.2. The quantitative estimate of drug-likeness (QED) is 0.382. The third-order valence-corrected chi connectivity index (χ3v) is 4.37. The Kier molecular flexibility index (Phi) is 12.6. The Bertz CT molecular complexity index is 602. The van der Waals surface area contributed by atoms with Gasteiger partial charge >= 0.3 is 0 Å². The molecule has 2 aromatic carbocycles. The summed E-state index contributed by atoms with van der Waals surface area (Å²) in [6.07, 6.45) is 0. The normalized spacial score (nSPS) is 10.9. The summed E-state index contributed by atoms with van der Waals surface area (Å²) in [5.74, 6) is 0. The van der Waals surface area contributed by atoms with Gasteiger partial charge in [0.1, 0.15) is 0 Å². The molecule has 30 heavy (non-hydrogen) atoms. The van der Waals surface area contributed by atoms with Gasteiger partial charge in [0, 0.05) is 24.5 Å². The van der Waals surface area contributed by atoms with Crippen LogP contribution in [0.2, 0.25) is 0 Å². The number of ether oxygens (including phenoxy) is 4. The van der Waals surface area contributed by atoms with Crippen LogP contribution < -0.4 is 10.6 Å². The highest BCUT2D eigenvalue weighted by atomic mass is 16.6. The second kappa shape index (κ2) is 15.7. The summed E-state index contributed by atoms with van der Waals surface area (Å²) in [6, 6.07) is 16.7. The second-order valence-electron chi connectivity index (χ2n) is 7.04. The topological polar surface area (TPSA) is 61.0 Å². The van der Waals surface area contributed by atoms with Crippen molar-refractivity contribution in [2.45, 2.75) is 13.8 Å². The van der Waals surface area contributed by atoms with Crippen molar-refractivity contribution >= 4 is 11.4 Å². The van der Waals surface area contributed by atoms with E-state index in [-0.39, 0.29) is 0 Å². The first-order chi connectivity index (χ1) is 14.7. The van der Waals surface area contributed by atoms with Crippen LogP contribution >= 0.6 is 0 Å². The van der Waals surface area contributed by atoms with Crippen LogP contribution in [0, 0.1) is 13.8 Å². The van der Waals surface area contributed by atoms with Crippen LogP contribution in [-0.4, -0.2) is 65.9 Å². The molecule has 2 N–H and O–H groups in total. The van der Waals surface area contributed by atoms with Gasteiger partial charge in [0.2, 0.25) is 0 Å². The molecule has 0 spiro atoms. The molecular formula is C24H36N2O4. The van der Waals surface area contributed by atoms with Gasteiger partial charge in [0.05, 0.1) is 52.9 Å². The molecule has 0 unspecified atom stereocenters. The van der Waals surface area contributed by atoms with Crippen molar-refractivity contribution in [1.82, 2.24) is 0 Å². The van der Waals surface area contributed by atoms with Crippen LogP contribution in [-0.2, 0) is 18.9 Å². The van der Waals surface area contributed by atoms with E-state index < -0.39 is 0 Å². The molecule has 0 aliphatic heterocycles. The monoisotopic (exact) mass is 416 g/mol. The Morgan fingerprint density at radius 2 is 0.767 bits per heavy atom. The summed E-state index contributed by atoms with van der Waals surface area (Å²) in [5.41, 5.74) is 4.75. The lowest BCUT2D eigenvalue weighted by Gasteiger charge is -2.09. The summed E-state index contributed by atoms with van der Waals surface area (Å²) >= 11 is 0. The number of hydrogen-bond donors (Lipinski definition) is 2. The zero-order valence-corrected chi connectivity index (χ0v) is 18.3. The lowest BCUT2D eigenvalue weighted by Crippen LogP contribution is -2.15. The average molecular weight is 417 g/mol. The molecule has 0 amide bonds. The van der Waals surface area contributed by atoms with Gasteiger partial charge < -0.3 is 29.6 Å². The number of hydrogen-bond acceptors (Lipinski definition) is 6. The van der Waals surface area contributed by atoms with Crippen LogP contribution in [0.5, 0.6) is 0 Å². The Hall–Kier alpha value is -2.12. The minimum Gasteiger partial charge on any atom is -0.383 e. The summed E-state index contributed by atoms with van der Waals surface area (Å²) in [7, 11) is 0. The van der Waals surface area contributed by atoms with Crippen LogP contribution in [0.25, 0.3) is 0 Å². The number of rotatable bonds is 17. The summed E-state index contributed by atoms with van der Waals surface area (Å²) < 4.78 is 22.1. The van der Waals surface area contributed by atoms with Gasteiger partial charge in [-0.05, 0) is 38.1 Å². The van der Waals surface area contributed by atoms with Gasteiger partial charge in [-0.25, -0.2) is 0 Å². The van der Waals surface area contributed by atoms with Gasteiger partial charge in [0.25, 0.3) is 0 Å². The molecule has 6 heteroatoms. The molecule has 6 nitrogen and oxygen atoms in total. The van der Waals surface area contributed by atoms with E-state index in [1.165, 1.54) is 11.1 Å². The maximum atomic E-state index is 5.55. The van der Waals surface area contributed by atoms with Crippen LogP contribution in [0.3, 0.4) is 0 Å². The number of anilines is 2. The Morgan fingerprint density at radius 1 is 0.467 bits per heavy atom. The van der Waals surface area contributed by atoms with Crippen molar-refractivity contribution in [2.75, 3.05) is 76.6 Å². The zero-order chi connectivity index (χ0) is 21.3. The number of nitrogens with one attached hydrogen (secondary N) is 2. The maximum absolute atomic E-state index is 5.55. The summed E-state index contributed by atoms with van der Waals surface area (Å²) in [6.45, 7) is 10.5. The van der Waals surface area contributed by atoms with E-state index in [1.807, 2.05) is 0 Å². The fraction of sp³-hybridized carbons (Fsp3) is 0.500. The first-order valence-electron chi connectivity index (χ1n) is 10.7. The molecular weight excluding hydrogens is 380 g/mol.